The largest absolute Gasteiger partial charge is 0.381 e. The van der Waals surface area contributed by atoms with Gasteiger partial charge < -0.3 is 10.2 Å². The minimum Gasteiger partial charge on any atom is -0.381 e. The van der Waals surface area contributed by atoms with Crippen molar-refractivity contribution in [1.82, 2.24) is 0 Å². The molecule has 2 aromatic carbocycles. The van der Waals surface area contributed by atoms with Gasteiger partial charge in [-0.25, -0.2) is 0 Å². The molecule has 1 aliphatic rings. The monoisotopic (exact) mass is 277 g/mol. The van der Waals surface area contributed by atoms with Gasteiger partial charge in [0.15, 0.2) is 0 Å². The first kappa shape index (κ1) is 13.5. The second kappa shape index (κ2) is 5.49. The van der Waals surface area contributed by atoms with Crippen molar-refractivity contribution in [3.63, 3.8) is 0 Å². The summed E-state index contributed by atoms with van der Waals surface area (Å²) in [4.78, 5) is 2.43. The van der Waals surface area contributed by atoms with Crippen LogP contribution < -0.4 is 10.2 Å². The summed E-state index contributed by atoms with van der Waals surface area (Å²) in [7, 11) is 0. The van der Waals surface area contributed by atoms with E-state index in [9.17, 15) is 0 Å². The van der Waals surface area contributed by atoms with E-state index >= 15 is 0 Å². The number of nitrogens with zero attached hydrogens (tertiary/aromatic N) is 2. The van der Waals surface area contributed by atoms with E-state index in [4.69, 9.17) is 5.26 Å². The van der Waals surface area contributed by atoms with Crippen molar-refractivity contribution < 1.29 is 0 Å². The van der Waals surface area contributed by atoms with Crippen LogP contribution in [0.25, 0.3) is 0 Å². The number of rotatable bonds is 2. The molecule has 3 nitrogen and oxygen atoms in total. The van der Waals surface area contributed by atoms with Crippen LogP contribution in [-0.4, -0.2) is 12.6 Å². The van der Waals surface area contributed by atoms with E-state index < -0.39 is 0 Å². The topological polar surface area (TPSA) is 39.1 Å². The van der Waals surface area contributed by atoms with Crippen LogP contribution in [0.1, 0.15) is 23.6 Å². The fourth-order valence-electron chi connectivity index (χ4n) is 2.85. The molecule has 0 aliphatic carbocycles. The van der Waals surface area contributed by atoms with Gasteiger partial charge in [-0.2, -0.15) is 5.26 Å². The maximum absolute atomic E-state index is 8.98. The second-order valence-electron chi connectivity index (χ2n) is 5.63. The van der Waals surface area contributed by atoms with Crippen LogP contribution in [0.3, 0.4) is 0 Å². The molecule has 2 aromatic rings. The molecule has 1 unspecified atom stereocenters. The van der Waals surface area contributed by atoms with Gasteiger partial charge in [-0.1, -0.05) is 18.2 Å². The van der Waals surface area contributed by atoms with Crippen LogP contribution in [0.15, 0.2) is 42.5 Å². The summed E-state index contributed by atoms with van der Waals surface area (Å²) in [6.45, 7) is 6.14. The summed E-state index contributed by atoms with van der Waals surface area (Å²) in [5.41, 5.74) is 5.63. The van der Waals surface area contributed by atoms with Gasteiger partial charge in [0.2, 0.25) is 0 Å². The molecular weight excluding hydrogens is 258 g/mol. The number of fused-ring (bicyclic) bond motifs is 1. The molecule has 0 amide bonds. The maximum Gasteiger partial charge on any atom is 0.0991 e. The number of nitrogens with one attached hydrogen (secondary N) is 1. The molecule has 0 fully saturated rings. The highest BCUT2D eigenvalue weighted by Gasteiger charge is 2.22. The Kier molecular flexibility index (Phi) is 3.53. The van der Waals surface area contributed by atoms with Crippen molar-refractivity contribution >= 4 is 11.4 Å². The minimum atomic E-state index is 0.440. The van der Waals surface area contributed by atoms with Gasteiger partial charge in [-0.15, -0.1) is 0 Å². The van der Waals surface area contributed by atoms with Crippen LogP contribution in [0, 0.1) is 18.3 Å². The molecule has 3 rings (SSSR count). The lowest BCUT2D eigenvalue weighted by molar-refractivity contribution is 0.640. The smallest absolute Gasteiger partial charge is 0.0991 e. The van der Waals surface area contributed by atoms with Crippen molar-refractivity contribution in [2.45, 2.75) is 26.4 Å². The van der Waals surface area contributed by atoms with Crippen molar-refractivity contribution in [2.24, 2.45) is 0 Å². The molecule has 0 aromatic heterocycles. The van der Waals surface area contributed by atoms with Crippen molar-refractivity contribution in [2.75, 3.05) is 16.8 Å². The highest BCUT2D eigenvalue weighted by Crippen LogP contribution is 2.32. The fraction of sp³-hybridized carbons (Fsp3) is 0.278. The average molecular weight is 277 g/mol. The normalized spacial score (nSPS) is 16.8. The molecule has 1 N–H and O–H groups in total. The maximum atomic E-state index is 8.98. The first-order chi connectivity index (χ1) is 10.2. The van der Waals surface area contributed by atoms with E-state index in [2.05, 4.69) is 60.5 Å². The average Bonchev–Trinajstić information content (AvgIpc) is 2.51. The minimum absolute atomic E-state index is 0.440. The molecule has 106 valence electrons. The van der Waals surface area contributed by atoms with E-state index in [-0.39, 0.29) is 0 Å². The van der Waals surface area contributed by atoms with Crippen molar-refractivity contribution in [1.29, 1.82) is 5.26 Å². The number of para-hydroxylation sites is 2. The quantitative estimate of drug-likeness (QED) is 0.910. The van der Waals surface area contributed by atoms with Crippen molar-refractivity contribution in [3.05, 3.63) is 59.2 Å². The molecular formula is C18H19N3. The zero-order valence-corrected chi connectivity index (χ0v) is 12.4. The van der Waals surface area contributed by atoms with Gasteiger partial charge in [-0.3, -0.25) is 0 Å². The third-order valence-electron chi connectivity index (χ3n) is 4.15. The summed E-state index contributed by atoms with van der Waals surface area (Å²) in [6.07, 6.45) is 0. The molecule has 0 saturated carbocycles. The molecule has 0 bridgehead atoms. The highest BCUT2D eigenvalue weighted by atomic mass is 15.2. The van der Waals surface area contributed by atoms with E-state index in [1.807, 2.05) is 12.1 Å². The third kappa shape index (κ3) is 2.57. The van der Waals surface area contributed by atoms with Gasteiger partial charge in [0.05, 0.1) is 23.0 Å². The Morgan fingerprint density at radius 3 is 2.86 bits per heavy atom. The molecule has 0 saturated heterocycles. The van der Waals surface area contributed by atoms with Crippen LogP contribution in [-0.2, 0) is 6.54 Å². The molecule has 21 heavy (non-hydrogen) atoms. The fourth-order valence-corrected chi connectivity index (χ4v) is 2.85. The van der Waals surface area contributed by atoms with Gasteiger partial charge in [-0.05, 0) is 49.2 Å². The Labute approximate surface area is 125 Å². The summed E-state index contributed by atoms with van der Waals surface area (Å²) >= 11 is 0. The molecule has 1 atom stereocenters. The van der Waals surface area contributed by atoms with E-state index in [1.54, 1.807) is 0 Å². The van der Waals surface area contributed by atoms with Crippen LogP contribution >= 0.6 is 0 Å². The van der Waals surface area contributed by atoms with Crippen LogP contribution in [0.5, 0.6) is 0 Å². The lowest BCUT2D eigenvalue weighted by atomic mass is 10.0. The zero-order chi connectivity index (χ0) is 14.8. The molecule has 0 spiro atoms. The summed E-state index contributed by atoms with van der Waals surface area (Å²) < 4.78 is 0. The highest BCUT2D eigenvalue weighted by molar-refractivity contribution is 5.72. The first-order valence-electron chi connectivity index (χ1n) is 7.28. The van der Waals surface area contributed by atoms with E-state index in [0.29, 0.717) is 6.04 Å². The Morgan fingerprint density at radius 1 is 1.29 bits per heavy atom. The van der Waals surface area contributed by atoms with Gasteiger partial charge in [0.25, 0.3) is 0 Å². The number of aryl methyl sites for hydroxylation is 1. The Morgan fingerprint density at radius 2 is 2.10 bits per heavy atom. The molecule has 1 heterocycles. The number of hydrogen-bond donors (Lipinski definition) is 1. The number of nitriles is 1. The summed E-state index contributed by atoms with van der Waals surface area (Å²) in [6, 6.07) is 17.0. The van der Waals surface area contributed by atoms with Gasteiger partial charge >= 0.3 is 0 Å². The van der Waals surface area contributed by atoms with Gasteiger partial charge in [0, 0.05) is 19.1 Å². The zero-order valence-electron chi connectivity index (χ0n) is 12.4. The third-order valence-corrected chi connectivity index (χ3v) is 4.15. The first-order valence-corrected chi connectivity index (χ1v) is 7.28. The molecule has 0 radical (unpaired) electrons. The Hall–Kier alpha value is -2.47. The Balaban J connectivity index is 1.93. The van der Waals surface area contributed by atoms with Gasteiger partial charge in [0.1, 0.15) is 0 Å². The number of anilines is 2. The number of hydrogen-bond acceptors (Lipinski definition) is 3. The predicted octanol–water partition coefficient (Wildman–Crippen LogP) is 3.69. The van der Waals surface area contributed by atoms with Crippen molar-refractivity contribution in [3.8, 4) is 6.07 Å². The van der Waals surface area contributed by atoms with Crippen LogP contribution in [0.4, 0.5) is 11.4 Å². The summed E-state index contributed by atoms with van der Waals surface area (Å²) in [5.74, 6) is 0. The number of benzene rings is 2. The van der Waals surface area contributed by atoms with E-state index in [0.717, 1.165) is 18.7 Å². The predicted molar refractivity (Wildman–Crippen MR) is 86.5 cm³/mol. The Bertz CT molecular complexity index is 700. The second-order valence-corrected chi connectivity index (χ2v) is 5.63. The lowest BCUT2D eigenvalue weighted by Gasteiger charge is -2.38. The summed E-state index contributed by atoms with van der Waals surface area (Å²) in [5, 5.41) is 12.5. The SMILES string of the molecule is Cc1cc(C#N)ccc1CN1c2ccccc2NCC1C. The molecule has 1 aliphatic heterocycles. The van der Waals surface area contributed by atoms with Crippen LogP contribution in [0.2, 0.25) is 0 Å². The van der Waals surface area contributed by atoms with E-state index in [1.165, 1.54) is 22.5 Å². The molecule has 3 heteroatoms. The standard InChI is InChI=1S/C18H19N3/c1-13-9-15(10-19)7-8-16(13)12-21-14(2)11-20-17-5-3-4-6-18(17)21/h3-9,14,20H,11-12H2,1-2H3. The lowest BCUT2D eigenvalue weighted by Crippen LogP contribution is -2.41.